The molecule has 1 aromatic rings. The first-order valence-corrected chi connectivity index (χ1v) is 6.88. The maximum absolute atomic E-state index is 12.9. The second-order valence-corrected chi connectivity index (χ2v) is 5.73. The van der Waals surface area contributed by atoms with E-state index < -0.39 is 0 Å². The maximum Gasteiger partial charge on any atom is 0.179 e. The molecule has 3 heteroatoms. The van der Waals surface area contributed by atoms with Crippen molar-refractivity contribution < 1.29 is 9.18 Å². The van der Waals surface area contributed by atoms with Crippen LogP contribution in [0.2, 0.25) is 0 Å². The number of ketones is 1. The molecular weight excluding hydrogens is 241 g/mol. The van der Waals surface area contributed by atoms with Gasteiger partial charge in [-0.25, -0.2) is 4.39 Å². The second kappa shape index (κ2) is 6.80. The first kappa shape index (κ1) is 15.8. The Labute approximate surface area is 115 Å². The zero-order valence-electron chi connectivity index (χ0n) is 12.5. The van der Waals surface area contributed by atoms with Gasteiger partial charge in [-0.05, 0) is 51.0 Å². The van der Waals surface area contributed by atoms with Crippen molar-refractivity contribution in [3.05, 3.63) is 35.6 Å². The van der Waals surface area contributed by atoms with E-state index >= 15 is 0 Å². The van der Waals surface area contributed by atoms with E-state index in [9.17, 15) is 9.18 Å². The lowest BCUT2D eigenvalue weighted by Gasteiger charge is -2.33. The third-order valence-electron chi connectivity index (χ3n) is 3.24. The zero-order valence-corrected chi connectivity index (χ0v) is 12.5. The molecule has 1 rings (SSSR count). The van der Waals surface area contributed by atoms with E-state index in [1.54, 1.807) is 12.1 Å². The minimum Gasteiger partial charge on any atom is -0.292 e. The van der Waals surface area contributed by atoms with Gasteiger partial charge in [-0.1, -0.05) is 13.8 Å². The van der Waals surface area contributed by atoms with Gasteiger partial charge in [-0.2, -0.15) is 0 Å². The van der Waals surface area contributed by atoms with Gasteiger partial charge >= 0.3 is 0 Å². The summed E-state index contributed by atoms with van der Waals surface area (Å²) < 4.78 is 12.9. The van der Waals surface area contributed by atoms with Crippen molar-refractivity contribution in [3.8, 4) is 0 Å². The van der Waals surface area contributed by atoms with Crippen LogP contribution in [-0.4, -0.2) is 29.3 Å². The zero-order chi connectivity index (χ0) is 14.6. The number of carbonyl (C=O) groups is 1. The van der Waals surface area contributed by atoms with Crippen molar-refractivity contribution in [2.75, 3.05) is 6.54 Å². The molecule has 0 aliphatic carbocycles. The number of Topliss-reactive ketones (excluding diaryl/α,β-unsaturated/α-hetero) is 1. The van der Waals surface area contributed by atoms with Gasteiger partial charge in [0.15, 0.2) is 5.78 Å². The quantitative estimate of drug-likeness (QED) is 0.730. The van der Waals surface area contributed by atoms with Crippen LogP contribution in [0.3, 0.4) is 0 Å². The molecule has 0 aliphatic heterocycles. The Hall–Kier alpha value is -1.22. The highest BCUT2D eigenvalue weighted by atomic mass is 19.1. The summed E-state index contributed by atoms with van der Waals surface area (Å²) in [7, 11) is 0. The lowest BCUT2D eigenvalue weighted by Crippen LogP contribution is -2.45. The number of nitrogens with zero attached hydrogens (tertiary/aromatic N) is 1. The van der Waals surface area contributed by atoms with Crippen molar-refractivity contribution in [2.24, 2.45) is 5.92 Å². The largest absolute Gasteiger partial charge is 0.292 e. The van der Waals surface area contributed by atoms with Crippen LogP contribution in [0.5, 0.6) is 0 Å². The van der Waals surface area contributed by atoms with E-state index in [0.717, 1.165) is 6.54 Å². The minimum absolute atomic E-state index is 0.0503. The van der Waals surface area contributed by atoms with Crippen LogP contribution in [0.4, 0.5) is 4.39 Å². The second-order valence-electron chi connectivity index (χ2n) is 5.73. The van der Waals surface area contributed by atoms with Gasteiger partial charge in [0.1, 0.15) is 5.82 Å². The predicted molar refractivity (Wildman–Crippen MR) is 76.9 cm³/mol. The first-order valence-electron chi connectivity index (χ1n) is 6.88. The molecular formula is C16H24FNO. The van der Waals surface area contributed by atoms with Gasteiger partial charge in [-0.15, -0.1) is 0 Å². The molecule has 0 fully saturated rings. The number of hydrogen-bond donors (Lipinski definition) is 0. The fraction of sp³-hybridized carbons (Fsp3) is 0.562. The lowest BCUT2D eigenvalue weighted by molar-refractivity contribution is 0.0762. The normalized spacial score (nSPS) is 13.3. The smallest absolute Gasteiger partial charge is 0.179 e. The molecule has 0 saturated carbocycles. The van der Waals surface area contributed by atoms with Crippen LogP contribution in [-0.2, 0) is 0 Å². The van der Waals surface area contributed by atoms with Crippen LogP contribution in [0.1, 0.15) is 45.0 Å². The number of hydrogen-bond acceptors (Lipinski definition) is 2. The van der Waals surface area contributed by atoms with Crippen LogP contribution < -0.4 is 0 Å². The van der Waals surface area contributed by atoms with Crippen LogP contribution in [0.15, 0.2) is 24.3 Å². The van der Waals surface area contributed by atoms with Crippen molar-refractivity contribution in [1.29, 1.82) is 0 Å². The summed E-state index contributed by atoms with van der Waals surface area (Å²) in [6.07, 6.45) is 0. The molecule has 0 spiro atoms. The fourth-order valence-corrected chi connectivity index (χ4v) is 2.24. The molecule has 0 aliphatic rings. The minimum atomic E-state index is -0.313. The van der Waals surface area contributed by atoms with Gasteiger partial charge < -0.3 is 0 Å². The van der Waals surface area contributed by atoms with E-state index in [0.29, 0.717) is 17.5 Å². The van der Waals surface area contributed by atoms with E-state index in [1.807, 2.05) is 6.92 Å². The monoisotopic (exact) mass is 265 g/mol. The topological polar surface area (TPSA) is 20.3 Å². The summed E-state index contributed by atoms with van der Waals surface area (Å²) in [5, 5.41) is 0. The van der Waals surface area contributed by atoms with Crippen LogP contribution >= 0.6 is 0 Å². The Kier molecular flexibility index (Phi) is 5.67. The Morgan fingerprint density at radius 1 is 1.11 bits per heavy atom. The molecule has 0 aromatic heterocycles. The highest BCUT2D eigenvalue weighted by Gasteiger charge is 2.25. The number of carbonyl (C=O) groups excluding carboxylic acids is 1. The summed E-state index contributed by atoms with van der Waals surface area (Å²) in [4.78, 5) is 14.6. The third-order valence-corrected chi connectivity index (χ3v) is 3.24. The third kappa shape index (κ3) is 4.43. The van der Waals surface area contributed by atoms with Gasteiger partial charge in [0.25, 0.3) is 0 Å². The molecule has 0 radical (unpaired) electrons. The van der Waals surface area contributed by atoms with Crippen molar-refractivity contribution in [1.82, 2.24) is 4.90 Å². The molecule has 1 aromatic carbocycles. The fourth-order valence-electron chi connectivity index (χ4n) is 2.24. The van der Waals surface area contributed by atoms with Crippen LogP contribution in [0, 0.1) is 11.7 Å². The summed E-state index contributed by atoms with van der Waals surface area (Å²) >= 11 is 0. The Balaban J connectivity index is 2.86. The van der Waals surface area contributed by atoms with Crippen LogP contribution in [0.25, 0.3) is 0 Å². The summed E-state index contributed by atoms with van der Waals surface area (Å²) in [5.74, 6) is 0.243. The Bertz CT molecular complexity index is 411. The molecule has 19 heavy (non-hydrogen) atoms. The molecule has 0 saturated heterocycles. The van der Waals surface area contributed by atoms with Crippen molar-refractivity contribution in [3.63, 3.8) is 0 Å². The molecule has 106 valence electrons. The summed E-state index contributed by atoms with van der Waals surface area (Å²) in [6, 6.07) is 5.91. The highest BCUT2D eigenvalue weighted by Crippen LogP contribution is 2.14. The Morgan fingerprint density at radius 2 is 1.63 bits per heavy atom. The highest BCUT2D eigenvalue weighted by molar-refractivity contribution is 5.99. The molecule has 1 unspecified atom stereocenters. The maximum atomic E-state index is 12.9. The Morgan fingerprint density at radius 3 is 2.05 bits per heavy atom. The van der Waals surface area contributed by atoms with E-state index in [-0.39, 0.29) is 17.6 Å². The van der Waals surface area contributed by atoms with Crippen molar-refractivity contribution >= 4 is 5.78 Å². The number of halogens is 1. The van der Waals surface area contributed by atoms with Gasteiger partial charge in [0.2, 0.25) is 0 Å². The summed E-state index contributed by atoms with van der Waals surface area (Å²) in [5.41, 5.74) is 0.573. The standard InChI is InChI=1S/C16H24FNO/c1-11(2)10-18(12(3)4)13(5)16(19)14-6-8-15(17)9-7-14/h6-9,11-13H,10H2,1-5H3. The molecule has 0 bridgehead atoms. The predicted octanol–water partition coefficient (Wildman–Crippen LogP) is 3.76. The van der Waals surface area contributed by atoms with E-state index in [4.69, 9.17) is 0 Å². The van der Waals surface area contributed by atoms with Gasteiger partial charge in [0, 0.05) is 18.2 Å². The molecule has 2 nitrogen and oxygen atoms in total. The first-order chi connectivity index (χ1) is 8.82. The van der Waals surface area contributed by atoms with E-state index in [2.05, 4.69) is 32.6 Å². The van der Waals surface area contributed by atoms with E-state index in [1.165, 1.54) is 12.1 Å². The average molecular weight is 265 g/mol. The molecule has 0 N–H and O–H groups in total. The average Bonchev–Trinajstić information content (AvgIpc) is 2.34. The van der Waals surface area contributed by atoms with Crippen molar-refractivity contribution in [2.45, 2.75) is 46.7 Å². The SMILES string of the molecule is CC(C)CN(C(C)C)C(C)C(=O)c1ccc(F)cc1. The summed E-state index contributed by atoms with van der Waals surface area (Å²) in [6.45, 7) is 11.3. The van der Waals surface area contributed by atoms with Gasteiger partial charge in [-0.3, -0.25) is 9.69 Å². The number of rotatable bonds is 6. The molecule has 0 heterocycles. The number of benzene rings is 1. The molecule has 1 atom stereocenters. The molecule has 0 amide bonds. The van der Waals surface area contributed by atoms with Gasteiger partial charge in [0.05, 0.1) is 6.04 Å². The lowest BCUT2D eigenvalue weighted by atomic mass is 10.0.